The minimum atomic E-state index is -0.842. The summed E-state index contributed by atoms with van der Waals surface area (Å²) in [5.41, 5.74) is 2.92. The monoisotopic (exact) mass is 505 g/mol. The first kappa shape index (κ1) is 24.1. The highest BCUT2D eigenvalue weighted by molar-refractivity contribution is 5.84. The van der Waals surface area contributed by atoms with Gasteiger partial charge in [-0.05, 0) is 68.2 Å². The zero-order valence-corrected chi connectivity index (χ0v) is 21.3. The van der Waals surface area contributed by atoms with Gasteiger partial charge < -0.3 is 29.7 Å². The number of carbonyl (C=O) groups is 1. The molecule has 6 rings (SSSR count). The molecular weight excluding hydrogens is 470 g/mol. The molecule has 1 aromatic heterocycles. The maximum absolute atomic E-state index is 13.5. The van der Waals surface area contributed by atoms with Crippen molar-refractivity contribution < 1.29 is 19.4 Å². The summed E-state index contributed by atoms with van der Waals surface area (Å²) in [6, 6.07) is 11.5. The second kappa shape index (κ2) is 10.2. The maximum atomic E-state index is 13.5. The third-order valence-corrected chi connectivity index (χ3v) is 7.93. The molecule has 9 heteroatoms. The normalized spacial score (nSPS) is 21.4. The Labute approximate surface area is 216 Å². The molecule has 0 bridgehead atoms. The molecule has 3 aliphatic rings. The standard InChI is InChI=1S/C28H35N5O4/c1-31-24-15-22(6-4-20(24)16-29-31)33-11-8-21(17-33)28(35)30-23(18-32-9-2-3-10-32)27(34)19-5-7-25-26(14-19)37-13-12-36-25/h4-7,14-16,21,23,27,34H,2-3,8-13,17-18H2,1H3,(H,30,35)/t21?,23-,27-/m1/s1. The highest BCUT2D eigenvalue weighted by Crippen LogP contribution is 2.34. The largest absolute Gasteiger partial charge is 0.486 e. The van der Waals surface area contributed by atoms with Crippen LogP contribution in [0, 0.1) is 5.92 Å². The third-order valence-electron chi connectivity index (χ3n) is 7.93. The van der Waals surface area contributed by atoms with Crippen LogP contribution in [0.2, 0.25) is 0 Å². The fourth-order valence-corrected chi connectivity index (χ4v) is 5.78. The quantitative estimate of drug-likeness (QED) is 0.510. The van der Waals surface area contributed by atoms with Crippen molar-refractivity contribution >= 4 is 22.5 Å². The molecular formula is C28H35N5O4. The number of anilines is 1. The Kier molecular flexibility index (Phi) is 6.65. The van der Waals surface area contributed by atoms with E-state index >= 15 is 0 Å². The van der Waals surface area contributed by atoms with Gasteiger partial charge in [-0.3, -0.25) is 9.48 Å². The van der Waals surface area contributed by atoms with Crippen LogP contribution in [0.1, 0.15) is 30.9 Å². The van der Waals surface area contributed by atoms with Gasteiger partial charge in [-0.1, -0.05) is 6.07 Å². The lowest BCUT2D eigenvalue weighted by atomic mass is 9.99. The number of carbonyl (C=O) groups excluding carboxylic acids is 1. The van der Waals surface area contributed by atoms with E-state index in [4.69, 9.17) is 9.47 Å². The van der Waals surface area contributed by atoms with E-state index in [0.29, 0.717) is 37.8 Å². The third kappa shape index (κ3) is 4.98. The number of nitrogens with zero attached hydrogens (tertiary/aromatic N) is 4. The molecule has 1 amide bonds. The van der Waals surface area contributed by atoms with Crippen molar-refractivity contribution in [3.05, 3.63) is 48.2 Å². The van der Waals surface area contributed by atoms with Gasteiger partial charge in [0.05, 0.1) is 23.7 Å². The summed E-state index contributed by atoms with van der Waals surface area (Å²) < 4.78 is 13.2. The first-order valence-corrected chi connectivity index (χ1v) is 13.3. The summed E-state index contributed by atoms with van der Waals surface area (Å²) in [5.74, 6) is 1.21. The van der Waals surface area contributed by atoms with Gasteiger partial charge in [0.25, 0.3) is 0 Å². The smallest absolute Gasteiger partial charge is 0.225 e. The molecule has 0 saturated carbocycles. The van der Waals surface area contributed by atoms with Gasteiger partial charge in [0, 0.05) is 37.8 Å². The summed E-state index contributed by atoms with van der Waals surface area (Å²) in [6.45, 7) is 5.11. The van der Waals surface area contributed by atoms with Crippen molar-refractivity contribution in [3.63, 3.8) is 0 Å². The minimum Gasteiger partial charge on any atom is -0.486 e. The molecule has 9 nitrogen and oxygen atoms in total. The molecule has 196 valence electrons. The van der Waals surface area contributed by atoms with Gasteiger partial charge >= 0.3 is 0 Å². The van der Waals surface area contributed by atoms with Crippen molar-refractivity contribution in [2.75, 3.05) is 50.8 Å². The van der Waals surface area contributed by atoms with Crippen molar-refractivity contribution in [2.45, 2.75) is 31.4 Å². The fraction of sp³-hybridized carbons (Fsp3) is 0.500. The zero-order chi connectivity index (χ0) is 25.4. The summed E-state index contributed by atoms with van der Waals surface area (Å²) in [5, 5.41) is 20.1. The number of benzene rings is 2. The van der Waals surface area contributed by atoms with Crippen LogP contribution in [0.4, 0.5) is 5.69 Å². The molecule has 37 heavy (non-hydrogen) atoms. The number of aliphatic hydroxyl groups is 1. The second-order valence-corrected chi connectivity index (χ2v) is 10.4. The van der Waals surface area contributed by atoms with E-state index in [1.807, 2.05) is 36.1 Å². The number of likely N-dealkylation sites (tertiary alicyclic amines) is 1. The number of hydrogen-bond donors (Lipinski definition) is 2. The first-order chi connectivity index (χ1) is 18.0. The van der Waals surface area contributed by atoms with Gasteiger partial charge in [0.2, 0.25) is 5.91 Å². The Bertz CT molecular complexity index is 1270. The SMILES string of the molecule is Cn1ncc2ccc(N3CCC(C(=O)N[C@H](CN4CCCC4)[C@H](O)c4ccc5c(c4)OCCO5)C3)cc21. The summed E-state index contributed by atoms with van der Waals surface area (Å²) >= 11 is 0. The average molecular weight is 506 g/mol. The number of ether oxygens (including phenoxy) is 2. The van der Waals surface area contributed by atoms with Crippen LogP contribution in [0.25, 0.3) is 10.9 Å². The zero-order valence-electron chi connectivity index (χ0n) is 21.3. The number of fused-ring (bicyclic) bond motifs is 2. The van der Waals surface area contributed by atoms with Crippen molar-refractivity contribution in [2.24, 2.45) is 13.0 Å². The van der Waals surface area contributed by atoms with Gasteiger partial charge in [-0.25, -0.2) is 0 Å². The van der Waals surface area contributed by atoms with E-state index in [2.05, 4.69) is 38.4 Å². The van der Waals surface area contributed by atoms with Crippen molar-refractivity contribution in [1.29, 1.82) is 0 Å². The number of aryl methyl sites for hydroxylation is 1. The number of aliphatic hydroxyl groups excluding tert-OH is 1. The molecule has 0 spiro atoms. The van der Waals surface area contributed by atoms with Crippen LogP contribution in [0.3, 0.4) is 0 Å². The van der Waals surface area contributed by atoms with Gasteiger partial charge in [-0.2, -0.15) is 5.10 Å². The van der Waals surface area contributed by atoms with E-state index in [1.165, 1.54) is 0 Å². The van der Waals surface area contributed by atoms with Crippen LogP contribution in [-0.2, 0) is 11.8 Å². The molecule has 2 aromatic carbocycles. The molecule has 2 N–H and O–H groups in total. The Morgan fingerprint density at radius 2 is 1.92 bits per heavy atom. The van der Waals surface area contributed by atoms with Crippen LogP contribution < -0.4 is 19.7 Å². The average Bonchev–Trinajstić information content (AvgIpc) is 3.69. The second-order valence-electron chi connectivity index (χ2n) is 10.4. The Hall–Kier alpha value is -3.30. The fourth-order valence-electron chi connectivity index (χ4n) is 5.78. The lowest BCUT2D eigenvalue weighted by Gasteiger charge is -2.30. The van der Waals surface area contributed by atoms with Crippen LogP contribution in [0.5, 0.6) is 11.5 Å². The molecule has 0 aliphatic carbocycles. The van der Waals surface area contributed by atoms with Gasteiger partial charge in [0.15, 0.2) is 11.5 Å². The Morgan fingerprint density at radius 1 is 1.11 bits per heavy atom. The van der Waals surface area contributed by atoms with Crippen molar-refractivity contribution in [3.8, 4) is 11.5 Å². The maximum Gasteiger partial charge on any atom is 0.225 e. The number of aromatic nitrogens is 2. The molecule has 3 aromatic rings. The lowest BCUT2D eigenvalue weighted by Crippen LogP contribution is -2.48. The van der Waals surface area contributed by atoms with Gasteiger partial charge in [0.1, 0.15) is 19.3 Å². The lowest BCUT2D eigenvalue weighted by molar-refractivity contribution is -0.126. The molecule has 3 aliphatic heterocycles. The predicted octanol–water partition coefficient (Wildman–Crippen LogP) is 2.48. The van der Waals surface area contributed by atoms with E-state index in [-0.39, 0.29) is 11.8 Å². The van der Waals surface area contributed by atoms with Gasteiger partial charge in [-0.15, -0.1) is 0 Å². The Balaban J connectivity index is 1.16. The Morgan fingerprint density at radius 3 is 2.76 bits per heavy atom. The highest BCUT2D eigenvalue weighted by Gasteiger charge is 2.33. The molecule has 2 fully saturated rings. The number of rotatable bonds is 7. The van der Waals surface area contributed by atoms with E-state index in [9.17, 15) is 9.90 Å². The first-order valence-electron chi connectivity index (χ1n) is 13.3. The number of hydrogen-bond acceptors (Lipinski definition) is 7. The summed E-state index contributed by atoms with van der Waals surface area (Å²) in [6.07, 6.45) is 4.11. The predicted molar refractivity (Wildman–Crippen MR) is 141 cm³/mol. The van der Waals surface area contributed by atoms with Crippen molar-refractivity contribution in [1.82, 2.24) is 20.0 Å². The van der Waals surface area contributed by atoms with E-state index in [1.54, 1.807) is 0 Å². The molecule has 3 atom stereocenters. The van der Waals surface area contributed by atoms with E-state index < -0.39 is 12.1 Å². The number of amides is 1. The molecule has 4 heterocycles. The molecule has 0 radical (unpaired) electrons. The molecule has 2 saturated heterocycles. The van der Waals surface area contributed by atoms with E-state index in [0.717, 1.165) is 61.1 Å². The summed E-state index contributed by atoms with van der Waals surface area (Å²) in [4.78, 5) is 18.1. The van der Waals surface area contributed by atoms with Crippen LogP contribution >= 0.6 is 0 Å². The number of nitrogens with one attached hydrogen (secondary N) is 1. The van der Waals surface area contributed by atoms with Crippen LogP contribution in [-0.4, -0.2) is 77.7 Å². The van der Waals surface area contributed by atoms with Crippen LogP contribution in [0.15, 0.2) is 42.6 Å². The minimum absolute atomic E-state index is 0.00454. The highest BCUT2D eigenvalue weighted by atomic mass is 16.6. The summed E-state index contributed by atoms with van der Waals surface area (Å²) in [7, 11) is 1.94. The topological polar surface area (TPSA) is 92.1 Å². The molecule has 1 unspecified atom stereocenters.